The molecule has 12 heteroatoms. The minimum atomic E-state index is -0.620. The maximum atomic E-state index is 13.8. The summed E-state index contributed by atoms with van der Waals surface area (Å²) in [5.41, 5.74) is 4.01. The number of amides is 4. The average Bonchev–Trinajstić information content (AvgIpc) is 3.49. The van der Waals surface area contributed by atoms with Gasteiger partial charge < -0.3 is 39.4 Å². The average molecular weight is 591 g/mol. The van der Waals surface area contributed by atoms with Gasteiger partial charge in [-0.15, -0.1) is 0 Å². The number of aromatic nitrogens is 2. The first kappa shape index (κ1) is 28.5. The molecule has 1 fully saturated rings. The molecule has 0 unspecified atom stereocenters. The number of carbonyl (C=O) groups is 2. The number of carbonyl (C=O) groups excluding carboxylic acids is 2. The summed E-state index contributed by atoms with van der Waals surface area (Å²) < 4.78 is 26.3. The highest BCUT2D eigenvalue weighted by molar-refractivity contribution is 5.93. The number of aryl methyl sites for hydroxylation is 3. The van der Waals surface area contributed by atoms with Crippen LogP contribution in [0.2, 0.25) is 0 Å². The van der Waals surface area contributed by atoms with Gasteiger partial charge in [0.1, 0.15) is 22.9 Å². The van der Waals surface area contributed by atoms with Crippen molar-refractivity contribution in [2.75, 3.05) is 44.0 Å². The number of rotatable bonds is 4. The van der Waals surface area contributed by atoms with Crippen LogP contribution in [0.15, 0.2) is 47.0 Å². The molecular weight excluding hydrogens is 555 g/mol. The van der Waals surface area contributed by atoms with Crippen LogP contribution in [0, 0.1) is 19.7 Å². The van der Waals surface area contributed by atoms with Gasteiger partial charge in [0.05, 0.1) is 25.3 Å². The van der Waals surface area contributed by atoms with Crippen LogP contribution in [0.1, 0.15) is 41.6 Å². The molecule has 43 heavy (non-hydrogen) atoms. The van der Waals surface area contributed by atoms with Crippen LogP contribution in [0.4, 0.5) is 25.4 Å². The Hall–Kier alpha value is -4.58. The molecule has 226 valence electrons. The number of halogens is 1. The molecule has 11 nitrogen and oxygen atoms in total. The van der Waals surface area contributed by atoms with E-state index in [0.717, 1.165) is 22.2 Å². The fourth-order valence-electron chi connectivity index (χ4n) is 6.69. The van der Waals surface area contributed by atoms with Gasteiger partial charge in [0.25, 0.3) is 0 Å². The Morgan fingerprint density at radius 3 is 2.47 bits per heavy atom. The van der Waals surface area contributed by atoms with Gasteiger partial charge in [-0.05, 0) is 68.7 Å². The van der Waals surface area contributed by atoms with Gasteiger partial charge in [-0.3, -0.25) is 0 Å². The van der Waals surface area contributed by atoms with Crippen molar-refractivity contribution < 1.29 is 28.3 Å². The predicted octanol–water partition coefficient (Wildman–Crippen LogP) is 5.08. The summed E-state index contributed by atoms with van der Waals surface area (Å²) in [6, 6.07) is 10.3. The Kier molecular flexibility index (Phi) is 7.25. The number of fused-ring (bicyclic) bond motifs is 4. The maximum Gasteiger partial charge on any atom is 0.322 e. The van der Waals surface area contributed by atoms with E-state index >= 15 is 0 Å². The molecule has 3 N–H and O–H groups in total. The Morgan fingerprint density at radius 2 is 1.84 bits per heavy atom. The van der Waals surface area contributed by atoms with Crippen LogP contribution in [0.5, 0.6) is 5.75 Å². The molecule has 1 saturated heterocycles. The largest absolute Gasteiger partial charge is 0.497 e. The number of piperidine rings is 1. The van der Waals surface area contributed by atoms with E-state index in [1.165, 1.54) is 24.3 Å². The molecule has 4 aromatic rings. The van der Waals surface area contributed by atoms with E-state index in [1.54, 1.807) is 30.8 Å². The monoisotopic (exact) mass is 590 g/mol. The summed E-state index contributed by atoms with van der Waals surface area (Å²) >= 11 is 0. The van der Waals surface area contributed by atoms with Crippen molar-refractivity contribution >= 4 is 34.3 Å². The topological polar surface area (TPSA) is 125 Å². The summed E-state index contributed by atoms with van der Waals surface area (Å²) in [5.74, 6) is 0.848. The quantitative estimate of drug-likeness (QED) is 0.305. The lowest BCUT2D eigenvalue weighted by atomic mass is 9.68. The first-order chi connectivity index (χ1) is 20.7. The fourth-order valence-corrected chi connectivity index (χ4v) is 6.69. The van der Waals surface area contributed by atoms with Crippen molar-refractivity contribution in [3.05, 3.63) is 71.0 Å². The highest BCUT2D eigenvalue weighted by Crippen LogP contribution is 2.50. The molecule has 2 aromatic heterocycles. The normalized spacial score (nSPS) is 17.7. The van der Waals surface area contributed by atoms with E-state index in [2.05, 4.69) is 15.8 Å². The molecule has 2 aliphatic rings. The van der Waals surface area contributed by atoms with E-state index in [-0.39, 0.29) is 12.6 Å². The molecule has 6 rings (SSSR count). The lowest BCUT2D eigenvalue weighted by molar-refractivity contribution is 0.0784. The number of benzene rings is 2. The fraction of sp³-hybridized carbons (Fsp3) is 0.387. The zero-order valence-corrected chi connectivity index (χ0v) is 24.6. The number of hydrogen-bond acceptors (Lipinski definition) is 6. The number of aliphatic hydroxyl groups is 1. The number of likely N-dealkylation sites (tertiary alicyclic amines) is 1. The van der Waals surface area contributed by atoms with Gasteiger partial charge in [-0.25, -0.2) is 14.0 Å². The maximum absolute atomic E-state index is 13.8. The van der Waals surface area contributed by atoms with Crippen LogP contribution in [0.3, 0.4) is 0 Å². The Morgan fingerprint density at radius 1 is 1.12 bits per heavy atom. The van der Waals surface area contributed by atoms with Crippen molar-refractivity contribution in [2.45, 2.75) is 38.1 Å². The van der Waals surface area contributed by atoms with Gasteiger partial charge in [0.15, 0.2) is 5.76 Å². The molecule has 2 aromatic carbocycles. The van der Waals surface area contributed by atoms with Gasteiger partial charge in [0.2, 0.25) is 0 Å². The van der Waals surface area contributed by atoms with Crippen molar-refractivity contribution in [3.8, 4) is 5.75 Å². The molecule has 0 bridgehead atoms. The minimum absolute atomic E-state index is 0.234. The van der Waals surface area contributed by atoms with Crippen LogP contribution in [-0.4, -0.2) is 70.0 Å². The highest BCUT2D eigenvalue weighted by atomic mass is 19.1. The molecule has 1 spiro atoms. The number of hydrogen-bond donors (Lipinski definition) is 3. The highest BCUT2D eigenvalue weighted by Gasteiger charge is 2.50. The van der Waals surface area contributed by atoms with E-state index in [9.17, 15) is 19.1 Å². The summed E-state index contributed by atoms with van der Waals surface area (Å²) in [4.78, 5) is 30.5. The summed E-state index contributed by atoms with van der Waals surface area (Å²) in [7, 11) is 3.55. The lowest BCUT2D eigenvalue weighted by Crippen LogP contribution is -2.57. The smallest absolute Gasteiger partial charge is 0.322 e. The van der Waals surface area contributed by atoms with Gasteiger partial charge in [-0.1, -0.05) is 5.16 Å². The number of methoxy groups -OCH3 is 1. The molecule has 0 radical (unpaired) electrons. The second-order valence-electron chi connectivity index (χ2n) is 11.4. The second kappa shape index (κ2) is 10.9. The predicted molar refractivity (Wildman–Crippen MR) is 159 cm³/mol. The van der Waals surface area contributed by atoms with Crippen LogP contribution >= 0.6 is 0 Å². The van der Waals surface area contributed by atoms with E-state index in [0.29, 0.717) is 61.1 Å². The Labute approximate surface area is 248 Å². The van der Waals surface area contributed by atoms with Crippen molar-refractivity contribution in [1.82, 2.24) is 19.5 Å². The van der Waals surface area contributed by atoms with Crippen molar-refractivity contribution in [2.24, 2.45) is 7.05 Å². The molecule has 0 aliphatic carbocycles. The van der Waals surface area contributed by atoms with E-state index in [1.807, 2.05) is 29.8 Å². The third kappa shape index (κ3) is 4.85. The first-order valence-electron chi connectivity index (χ1n) is 14.3. The van der Waals surface area contributed by atoms with Gasteiger partial charge in [-0.2, -0.15) is 0 Å². The third-order valence-corrected chi connectivity index (χ3v) is 8.95. The Balaban J connectivity index is 1.37. The molecular formula is C31H35FN6O5. The van der Waals surface area contributed by atoms with Gasteiger partial charge in [0, 0.05) is 54.9 Å². The second-order valence-corrected chi connectivity index (χ2v) is 11.4. The SMILES string of the molecule is COc1ccc2c3c(n(C)c2c1)[C@H](CO)N(C(=O)Nc1ccc(F)cc1)CC31CCN(C(=O)Nc2c(C)noc2C)CC1. The number of urea groups is 2. The third-order valence-electron chi connectivity index (χ3n) is 8.95. The standard InChI is InChI=1S/C31H35FN6O5/c1-18-27(19(2)43-35-18)34-29(40)37-13-11-31(12-14-37)17-38(30(41)33-21-7-5-20(32)6-8-21)25(16-39)28-26(31)23-10-9-22(42-4)15-24(23)36(28)3/h5-10,15,25,39H,11-14,16-17H2,1-4H3,(H,33,41)(H,34,40)/t25-/m0/s1. The van der Waals surface area contributed by atoms with Crippen LogP contribution in [0.25, 0.3) is 10.9 Å². The zero-order valence-electron chi connectivity index (χ0n) is 24.6. The van der Waals surface area contributed by atoms with E-state index < -0.39 is 23.3 Å². The molecule has 4 amide bonds. The van der Waals surface area contributed by atoms with Crippen LogP contribution in [-0.2, 0) is 12.5 Å². The number of nitrogens with one attached hydrogen (secondary N) is 2. The first-order valence-corrected chi connectivity index (χ1v) is 14.3. The number of anilines is 2. The molecule has 4 heterocycles. The summed E-state index contributed by atoms with van der Waals surface area (Å²) in [5, 5.41) is 21.5. The lowest BCUT2D eigenvalue weighted by Gasteiger charge is -2.50. The number of nitrogens with zero attached hydrogens (tertiary/aromatic N) is 4. The Bertz CT molecular complexity index is 1670. The van der Waals surface area contributed by atoms with Crippen molar-refractivity contribution in [1.29, 1.82) is 0 Å². The van der Waals surface area contributed by atoms with E-state index in [4.69, 9.17) is 9.26 Å². The summed E-state index contributed by atoms with van der Waals surface area (Å²) in [6.45, 7) is 4.50. The minimum Gasteiger partial charge on any atom is -0.497 e. The number of aliphatic hydroxyl groups excluding tert-OH is 1. The molecule has 2 aliphatic heterocycles. The molecule has 0 saturated carbocycles. The van der Waals surface area contributed by atoms with Gasteiger partial charge >= 0.3 is 12.1 Å². The van der Waals surface area contributed by atoms with Crippen LogP contribution < -0.4 is 15.4 Å². The number of ether oxygens (including phenoxy) is 1. The zero-order chi connectivity index (χ0) is 30.5. The summed E-state index contributed by atoms with van der Waals surface area (Å²) in [6.07, 6.45) is 1.19. The molecule has 1 atom stereocenters. The van der Waals surface area contributed by atoms with Crippen molar-refractivity contribution in [3.63, 3.8) is 0 Å².